The zero-order valence-electron chi connectivity index (χ0n) is 35.5. The number of hydrogen-bond donors (Lipinski definition) is 0. The Morgan fingerprint density at radius 3 is 1.55 bits per heavy atom. The lowest BCUT2D eigenvalue weighted by molar-refractivity contribution is 0.752. The van der Waals surface area contributed by atoms with E-state index in [0.29, 0.717) is 0 Å². The molecule has 3 aliphatic rings. The van der Waals surface area contributed by atoms with Crippen LogP contribution in [-0.2, 0) is 0 Å². The van der Waals surface area contributed by atoms with Crippen LogP contribution in [-0.4, -0.2) is 12.6 Å². The summed E-state index contributed by atoms with van der Waals surface area (Å²) in [5, 5.41) is 10.9. The molecule has 0 saturated carbocycles. The first-order valence-corrected chi connectivity index (χ1v) is 25.6. The highest BCUT2D eigenvalue weighted by atomic mass is 32.1. The Morgan fingerprint density at radius 2 is 0.846 bits per heavy atom. The number of rotatable bonds is 6. The smallest absolute Gasteiger partial charge is 0.179 e. The van der Waals surface area contributed by atoms with Crippen molar-refractivity contribution in [1.82, 2.24) is 4.57 Å². The lowest BCUT2D eigenvalue weighted by Gasteiger charge is -2.46. The van der Waals surface area contributed by atoms with Gasteiger partial charge in [0.15, 0.2) is 8.07 Å². The van der Waals surface area contributed by atoms with Gasteiger partial charge in [0.05, 0.1) is 16.7 Å². The number of fused-ring (bicyclic) bond motifs is 6. The molecule has 2 unspecified atom stereocenters. The topological polar surface area (TPSA) is 4.93 Å². The minimum Gasteiger partial charge on any atom is -0.309 e. The average molecular weight is 860 g/mol. The second-order valence-corrected chi connectivity index (χ2v) is 22.7. The molecular formula is C62H41NSSi. The number of aromatic nitrogens is 1. The van der Waals surface area contributed by atoms with Crippen LogP contribution in [0.4, 0.5) is 0 Å². The van der Waals surface area contributed by atoms with E-state index in [9.17, 15) is 0 Å². The van der Waals surface area contributed by atoms with Crippen molar-refractivity contribution in [3.8, 4) is 16.8 Å². The van der Waals surface area contributed by atoms with Gasteiger partial charge < -0.3 is 4.57 Å². The summed E-state index contributed by atoms with van der Waals surface area (Å²) in [6.45, 7) is 0. The molecule has 2 heterocycles. The lowest BCUT2D eigenvalue weighted by atomic mass is 9.60. The van der Waals surface area contributed by atoms with Gasteiger partial charge >= 0.3 is 0 Å². The van der Waals surface area contributed by atoms with Gasteiger partial charge in [-0.2, -0.15) is 0 Å². The summed E-state index contributed by atoms with van der Waals surface area (Å²) in [6.07, 6.45) is 0. The molecule has 0 N–H and O–H groups in total. The van der Waals surface area contributed by atoms with Crippen LogP contribution in [0.5, 0.6) is 0 Å². The van der Waals surface area contributed by atoms with Gasteiger partial charge in [0.2, 0.25) is 0 Å². The van der Waals surface area contributed by atoms with Crippen LogP contribution in [0.15, 0.2) is 237 Å². The molecule has 2 atom stereocenters. The first-order valence-electron chi connectivity index (χ1n) is 22.7. The number of benzene rings is 10. The van der Waals surface area contributed by atoms with Gasteiger partial charge in [-0.25, -0.2) is 0 Å². The maximum absolute atomic E-state index is 2.90. The molecule has 0 spiro atoms. The molecule has 12 aromatic rings. The van der Waals surface area contributed by atoms with E-state index in [1.165, 1.54) is 113 Å². The highest BCUT2D eigenvalue weighted by Crippen LogP contribution is 2.57. The van der Waals surface area contributed by atoms with Crippen molar-refractivity contribution in [3.63, 3.8) is 0 Å². The maximum Gasteiger partial charge on any atom is 0.179 e. The molecule has 0 radical (unpaired) electrons. The summed E-state index contributed by atoms with van der Waals surface area (Å²) < 4.78 is 5.26. The van der Waals surface area contributed by atoms with E-state index in [4.69, 9.17) is 0 Å². The second kappa shape index (κ2) is 14.2. The Kier molecular flexibility index (Phi) is 8.07. The summed E-state index contributed by atoms with van der Waals surface area (Å²) in [5.41, 5.74) is 14.8. The maximum atomic E-state index is 2.59. The van der Waals surface area contributed by atoms with E-state index in [2.05, 4.69) is 241 Å². The minimum atomic E-state index is -2.90. The zero-order valence-corrected chi connectivity index (χ0v) is 37.3. The quantitative estimate of drug-likeness (QED) is 0.116. The van der Waals surface area contributed by atoms with Crippen LogP contribution in [0.1, 0.15) is 45.2 Å². The molecule has 0 aliphatic heterocycles. The van der Waals surface area contributed by atoms with E-state index in [-0.39, 0.29) is 11.8 Å². The molecule has 10 aromatic carbocycles. The molecule has 65 heavy (non-hydrogen) atoms. The highest BCUT2D eigenvalue weighted by Gasteiger charge is 2.50. The van der Waals surface area contributed by atoms with E-state index >= 15 is 0 Å². The van der Waals surface area contributed by atoms with Crippen LogP contribution in [0.3, 0.4) is 0 Å². The van der Waals surface area contributed by atoms with Crippen LogP contribution in [0.2, 0.25) is 0 Å². The van der Waals surface area contributed by atoms with E-state index < -0.39 is 8.07 Å². The number of nitrogens with zero attached hydrogens (tertiary/aromatic N) is 1. The molecule has 304 valence electrons. The summed E-state index contributed by atoms with van der Waals surface area (Å²) in [7, 11) is -2.90. The standard InChI is InChI=1S/C62H41NSSi/c1-4-18-42(19-5-1)65(43-20-6-2-7-21-43,44-22-8-3-9-23-44)58-33-17-29-50-59-47-26-10-11-27-48(47)62(61(50)58)60-49(59)28-16-31-55(60)63-53-30-14-12-24-45(53)51-38-40(34-36-54(51)63)41-35-37-57-52(39-41)46-25-13-15-32-56(46)64-57/h1-39,59,62H. The average Bonchev–Trinajstić information content (AvgIpc) is 3.92. The second-order valence-electron chi connectivity index (χ2n) is 17.8. The van der Waals surface area contributed by atoms with Crippen molar-refractivity contribution in [3.05, 3.63) is 270 Å². The Bertz CT molecular complexity index is 3750. The SMILES string of the molecule is c1ccc([Si](c2ccccc2)(c2ccccc2)c2cccc3c2C2c4ccccc4C3c3cccc(-n4c5ccccc5c5cc(-c6ccc7sc8ccccc8c7c6)ccc54)c32)cc1. The Labute approximate surface area is 383 Å². The molecule has 3 heteroatoms. The predicted molar refractivity (Wildman–Crippen MR) is 277 cm³/mol. The van der Waals surface area contributed by atoms with Crippen molar-refractivity contribution >= 4 is 82.1 Å². The zero-order chi connectivity index (χ0) is 42.6. The van der Waals surface area contributed by atoms with Crippen molar-refractivity contribution < 1.29 is 0 Å². The fourth-order valence-corrected chi connectivity index (χ4v) is 18.3. The monoisotopic (exact) mass is 859 g/mol. The first-order chi connectivity index (χ1) is 32.3. The molecule has 2 bridgehead atoms. The third-order valence-electron chi connectivity index (χ3n) is 14.7. The van der Waals surface area contributed by atoms with E-state index in [1.807, 2.05) is 11.3 Å². The number of hydrogen-bond acceptors (Lipinski definition) is 1. The molecule has 15 rings (SSSR count). The predicted octanol–water partition coefficient (Wildman–Crippen LogP) is 13.2. The first kappa shape index (κ1) is 36.9. The lowest BCUT2D eigenvalue weighted by Crippen LogP contribution is -2.75. The van der Waals surface area contributed by atoms with E-state index in [0.717, 1.165) is 0 Å². The minimum absolute atomic E-state index is 0.0271. The third-order valence-corrected chi connectivity index (χ3v) is 20.7. The Balaban J connectivity index is 1.03. The van der Waals surface area contributed by atoms with Gasteiger partial charge in [0, 0.05) is 42.8 Å². The van der Waals surface area contributed by atoms with Crippen molar-refractivity contribution in [2.45, 2.75) is 11.8 Å². The number of thiophene rings is 1. The van der Waals surface area contributed by atoms with Crippen LogP contribution < -0.4 is 20.7 Å². The van der Waals surface area contributed by atoms with Gasteiger partial charge in [-0.05, 0) is 108 Å². The normalized spacial score (nSPS) is 15.1. The van der Waals surface area contributed by atoms with Gasteiger partial charge in [-0.1, -0.05) is 194 Å². The van der Waals surface area contributed by atoms with Gasteiger partial charge in [-0.15, -0.1) is 11.3 Å². The third kappa shape index (κ3) is 5.19. The van der Waals surface area contributed by atoms with Crippen LogP contribution >= 0.6 is 11.3 Å². The summed E-state index contributed by atoms with van der Waals surface area (Å²) >= 11 is 1.88. The Morgan fingerprint density at radius 1 is 0.338 bits per heavy atom. The van der Waals surface area contributed by atoms with Crippen LogP contribution in [0, 0.1) is 0 Å². The van der Waals surface area contributed by atoms with Gasteiger partial charge in [0.25, 0.3) is 0 Å². The summed E-state index contributed by atoms with van der Waals surface area (Å²) in [6, 6.07) is 90.1. The largest absolute Gasteiger partial charge is 0.309 e. The van der Waals surface area contributed by atoms with Crippen molar-refractivity contribution in [2.24, 2.45) is 0 Å². The molecule has 3 aliphatic carbocycles. The summed E-state index contributed by atoms with van der Waals surface area (Å²) in [5.74, 6) is 0.136. The van der Waals surface area contributed by atoms with Crippen LogP contribution in [0.25, 0.3) is 58.8 Å². The molecular weight excluding hydrogens is 819 g/mol. The summed E-state index contributed by atoms with van der Waals surface area (Å²) in [4.78, 5) is 0. The number of para-hydroxylation sites is 1. The van der Waals surface area contributed by atoms with Gasteiger partial charge in [-0.3, -0.25) is 0 Å². The molecule has 0 fully saturated rings. The van der Waals surface area contributed by atoms with E-state index in [1.54, 1.807) is 0 Å². The van der Waals surface area contributed by atoms with Crippen molar-refractivity contribution in [1.29, 1.82) is 0 Å². The molecule has 1 nitrogen and oxygen atoms in total. The van der Waals surface area contributed by atoms with Crippen molar-refractivity contribution in [2.75, 3.05) is 0 Å². The highest BCUT2D eigenvalue weighted by molar-refractivity contribution is 7.25. The fraction of sp³-hybridized carbons (Fsp3) is 0.0323. The fourth-order valence-electron chi connectivity index (χ4n) is 12.2. The Hall–Kier alpha value is -7.56. The molecule has 2 aromatic heterocycles. The van der Waals surface area contributed by atoms with Gasteiger partial charge in [0.1, 0.15) is 0 Å². The molecule has 0 saturated heterocycles. The molecule has 0 amide bonds.